The number of thiazole rings is 1. The van der Waals surface area contributed by atoms with E-state index in [4.69, 9.17) is 10.7 Å². The number of nitrogens with zero attached hydrogens (tertiary/aromatic N) is 2. The molecule has 4 aromatic rings. The summed E-state index contributed by atoms with van der Waals surface area (Å²) >= 11 is 2.90. The first-order chi connectivity index (χ1) is 16.0. The molecular weight excluding hydrogens is 470 g/mol. The van der Waals surface area contributed by atoms with Crippen LogP contribution in [0.4, 0.5) is 5.69 Å². The van der Waals surface area contributed by atoms with Crippen LogP contribution < -0.4 is 5.73 Å². The van der Waals surface area contributed by atoms with Crippen molar-refractivity contribution in [1.82, 2.24) is 9.97 Å². The number of thiophene rings is 1. The molecule has 4 rings (SSSR count). The van der Waals surface area contributed by atoms with Crippen LogP contribution in [-0.4, -0.2) is 25.7 Å². The average molecular weight is 496 g/mol. The van der Waals surface area contributed by atoms with Crippen molar-refractivity contribution in [3.05, 3.63) is 60.1 Å². The normalized spacial score (nSPS) is 12.2. The Balaban J connectivity index is 1.89. The van der Waals surface area contributed by atoms with Crippen molar-refractivity contribution < 1.29 is 9.00 Å². The van der Waals surface area contributed by atoms with Crippen molar-refractivity contribution in [2.45, 2.75) is 36.8 Å². The molecule has 1 unspecified atom stereocenters. The fourth-order valence-electron chi connectivity index (χ4n) is 3.56. The first-order valence-corrected chi connectivity index (χ1v) is 13.8. The van der Waals surface area contributed by atoms with Crippen LogP contribution in [0.5, 0.6) is 0 Å². The van der Waals surface area contributed by atoms with E-state index in [1.165, 1.54) is 22.7 Å². The number of unbranched alkanes of at least 4 members (excludes halogenated alkanes) is 1. The molecule has 0 aliphatic heterocycles. The van der Waals surface area contributed by atoms with Crippen LogP contribution in [0.25, 0.3) is 32.0 Å². The van der Waals surface area contributed by atoms with Crippen LogP contribution in [0.15, 0.2) is 58.8 Å². The summed E-state index contributed by atoms with van der Waals surface area (Å²) < 4.78 is 13.6. The highest BCUT2D eigenvalue weighted by molar-refractivity contribution is 7.87. The quantitative estimate of drug-likeness (QED) is 0.195. The van der Waals surface area contributed by atoms with Gasteiger partial charge in [0.1, 0.15) is 19.7 Å². The Kier molecular flexibility index (Phi) is 7.47. The number of anilines is 1. The molecule has 0 aliphatic carbocycles. The van der Waals surface area contributed by atoms with Gasteiger partial charge in [0.2, 0.25) is 0 Å². The van der Waals surface area contributed by atoms with Crippen molar-refractivity contribution >= 4 is 55.2 Å². The van der Waals surface area contributed by atoms with Crippen molar-refractivity contribution in [1.29, 1.82) is 0 Å². The molecule has 5 nitrogen and oxygen atoms in total. The lowest BCUT2D eigenvalue weighted by Crippen LogP contribution is -2.00. The molecule has 8 heteroatoms. The van der Waals surface area contributed by atoms with Gasteiger partial charge in [-0.05, 0) is 36.1 Å². The number of benzene rings is 1. The zero-order valence-electron chi connectivity index (χ0n) is 18.4. The molecule has 0 amide bonds. The summed E-state index contributed by atoms with van der Waals surface area (Å²) in [5.74, 6) is 0.650. The standard InChI is InChI=1S/C25H25N3O2S3/c1-3-5-10-20(29)17-9-7-8-16(14-17)18-15-19(23-27-11-12-31-23)28-24-21(18)22(26)25(32-24)33(30)13-6-4-2/h3,7-9,11-12,14-15H,1,4-6,10,13,26H2,2H3. The number of carbonyl (C=O) groups excluding carboxylic acids is 1. The lowest BCUT2D eigenvalue weighted by molar-refractivity contribution is 0.0983. The topological polar surface area (TPSA) is 85.9 Å². The molecule has 0 fully saturated rings. The maximum atomic E-state index is 12.9. The predicted molar refractivity (Wildman–Crippen MR) is 141 cm³/mol. The van der Waals surface area contributed by atoms with Gasteiger partial charge in [0.15, 0.2) is 5.78 Å². The number of carbonyl (C=O) groups is 1. The highest BCUT2D eigenvalue weighted by Gasteiger charge is 2.21. The molecule has 170 valence electrons. The highest BCUT2D eigenvalue weighted by Crippen LogP contribution is 2.43. The van der Waals surface area contributed by atoms with Crippen molar-refractivity contribution in [2.75, 3.05) is 11.5 Å². The number of aromatic nitrogens is 2. The van der Waals surface area contributed by atoms with Gasteiger partial charge in [0.25, 0.3) is 0 Å². The maximum Gasteiger partial charge on any atom is 0.163 e. The number of nitrogens with two attached hydrogens (primary N) is 1. The first-order valence-electron chi connectivity index (χ1n) is 10.8. The Morgan fingerprint density at radius 3 is 2.88 bits per heavy atom. The smallest absolute Gasteiger partial charge is 0.163 e. The van der Waals surface area contributed by atoms with Gasteiger partial charge < -0.3 is 5.73 Å². The maximum absolute atomic E-state index is 12.9. The highest BCUT2D eigenvalue weighted by atomic mass is 32.2. The molecule has 1 aromatic carbocycles. The summed E-state index contributed by atoms with van der Waals surface area (Å²) in [6, 6.07) is 9.55. The fraction of sp³-hybridized carbons (Fsp3) is 0.240. The summed E-state index contributed by atoms with van der Waals surface area (Å²) in [4.78, 5) is 22.6. The predicted octanol–water partition coefficient (Wildman–Crippen LogP) is 6.73. The number of fused-ring (bicyclic) bond motifs is 1. The van der Waals surface area contributed by atoms with E-state index in [1.54, 1.807) is 12.3 Å². The lowest BCUT2D eigenvalue weighted by atomic mass is 9.97. The third kappa shape index (κ3) is 4.98. The monoisotopic (exact) mass is 495 g/mol. The van der Waals surface area contributed by atoms with Gasteiger partial charge in [-0.15, -0.1) is 29.3 Å². The minimum atomic E-state index is -1.17. The molecule has 0 aliphatic rings. The Morgan fingerprint density at radius 1 is 1.30 bits per heavy atom. The van der Waals surface area contributed by atoms with E-state index in [0.29, 0.717) is 34.1 Å². The molecule has 2 N–H and O–H groups in total. The Hall–Kier alpha value is -2.68. The lowest BCUT2D eigenvalue weighted by Gasteiger charge is -2.09. The van der Waals surface area contributed by atoms with Crippen LogP contribution in [-0.2, 0) is 10.8 Å². The Morgan fingerprint density at radius 2 is 2.15 bits per heavy atom. The first kappa shape index (κ1) is 23.5. The van der Waals surface area contributed by atoms with E-state index in [1.807, 2.05) is 35.7 Å². The summed E-state index contributed by atoms with van der Waals surface area (Å²) in [5.41, 5.74) is 10.2. The minimum absolute atomic E-state index is 0.0712. The van der Waals surface area contributed by atoms with Gasteiger partial charge >= 0.3 is 0 Å². The number of allylic oxidation sites excluding steroid dienone is 1. The summed E-state index contributed by atoms with van der Waals surface area (Å²) in [5, 5.41) is 3.50. The Bertz CT molecular complexity index is 1330. The molecule has 0 saturated heterocycles. The van der Waals surface area contributed by atoms with E-state index >= 15 is 0 Å². The van der Waals surface area contributed by atoms with Gasteiger partial charge in [-0.1, -0.05) is 37.6 Å². The largest absolute Gasteiger partial charge is 0.396 e. The van der Waals surface area contributed by atoms with Gasteiger partial charge in [-0.3, -0.25) is 9.00 Å². The van der Waals surface area contributed by atoms with Crippen LogP contribution >= 0.6 is 22.7 Å². The summed E-state index contributed by atoms with van der Waals surface area (Å²) in [6.07, 6.45) is 6.41. The number of hydrogen-bond acceptors (Lipinski definition) is 7. The van der Waals surface area contributed by atoms with E-state index in [9.17, 15) is 9.00 Å². The van der Waals surface area contributed by atoms with Crippen molar-refractivity contribution in [2.24, 2.45) is 0 Å². The summed E-state index contributed by atoms with van der Waals surface area (Å²) in [6.45, 7) is 5.78. The SMILES string of the molecule is C=CCCC(=O)c1cccc(-c2cc(-c3nccs3)nc3sc(S(=O)CCCC)c(N)c23)c1. The Labute approximate surface area is 203 Å². The van der Waals surface area contributed by atoms with Crippen LogP contribution in [0, 0.1) is 0 Å². The number of nitrogen functional groups attached to an aromatic ring is 1. The van der Waals surface area contributed by atoms with E-state index < -0.39 is 10.8 Å². The molecule has 0 radical (unpaired) electrons. The second kappa shape index (κ2) is 10.5. The van der Waals surface area contributed by atoms with Gasteiger partial charge in [0.05, 0.1) is 16.5 Å². The van der Waals surface area contributed by atoms with Crippen LogP contribution in [0.1, 0.15) is 43.0 Å². The van der Waals surface area contributed by atoms with Crippen LogP contribution in [0.3, 0.4) is 0 Å². The van der Waals surface area contributed by atoms with Gasteiger partial charge in [-0.25, -0.2) is 9.97 Å². The number of rotatable bonds is 10. The second-order valence-electron chi connectivity index (χ2n) is 7.61. The van der Waals surface area contributed by atoms with Crippen molar-refractivity contribution in [3.63, 3.8) is 0 Å². The van der Waals surface area contributed by atoms with Gasteiger partial charge in [0, 0.05) is 34.7 Å². The molecule has 0 bridgehead atoms. The third-order valence-electron chi connectivity index (χ3n) is 5.28. The molecule has 0 spiro atoms. The fourth-order valence-corrected chi connectivity index (χ4v) is 6.96. The number of Topliss-reactive ketones (excluding diaryl/α,β-unsaturated/α-hetero) is 1. The number of hydrogen-bond donors (Lipinski definition) is 1. The summed E-state index contributed by atoms with van der Waals surface area (Å²) in [7, 11) is -1.17. The van der Waals surface area contributed by atoms with E-state index in [-0.39, 0.29) is 5.78 Å². The second-order valence-corrected chi connectivity index (χ2v) is 11.3. The molecule has 0 saturated carbocycles. The minimum Gasteiger partial charge on any atom is -0.396 e. The molecule has 1 atom stereocenters. The average Bonchev–Trinajstić information content (AvgIpc) is 3.49. The molecular formula is C25H25N3O2S3. The van der Waals surface area contributed by atoms with E-state index in [0.717, 1.165) is 44.9 Å². The van der Waals surface area contributed by atoms with Gasteiger partial charge in [-0.2, -0.15) is 0 Å². The number of pyridine rings is 1. The zero-order chi connectivity index (χ0) is 23.4. The van der Waals surface area contributed by atoms with Crippen molar-refractivity contribution in [3.8, 4) is 21.8 Å². The zero-order valence-corrected chi connectivity index (χ0v) is 20.8. The molecule has 3 heterocycles. The third-order valence-corrected chi connectivity index (χ3v) is 9.07. The van der Waals surface area contributed by atoms with E-state index in [2.05, 4.69) is 18.5 Å². The molecule has 33 heavy (non-hydrogen) atoms. The van der Waals surface area contributed by atoms with Crippen LogP contribution in [0.2, 0.25) is 0 Å². The molecule has 3 aromatic heterocycles. The number of ketones is 1.